The summed E-state index contributed by atoms with van der Waals surface area (Å²) in [6.45, 7) is 2.05. The van der Waals surface area contributed by atoms with Crippen LogP contribution >= 0.6 is 11.8 Å². The molecule has 0 bridgehead atoms. The van der Waals surface area contributed by atoms with Crippen LogP contribution in [0.4, 0.5) is 5.69 Å². The highest BCUT2D eigenvalue weighted by atomic mass is 32.2. The summed E-state index contributed by atoms with van der Waals surface area (Å²) in [5.41, 5.74) is 3.35. The Balaban J connectivity index is 2.00. The number of hydrogen-bond acceptors (Lipinski definition) is 2. The lowest BCUT2D eigenvalue weighted by Crippen LogP contribution is -2.27. The smallest absolute Gasteiger partial charge is 0.238 e. The molecule has 0 unspecified atom stereocenters. The molecule has 0 aliphatic carbocycles. The van der Waals surface area contributed by atoms with Gasteiger partial charge in [-0.1, -0.05) is 42.5 Å². The van der Waals surface area contributed by atoms with Gasteiger partial charge < -0.3 is 0 Å². The Morgan fingerprint density at radius 3 is 2.63 bits per heavy atom. The molecule has 1 atom stereocenters. The van der Waals surface area contributed by atoms with Gasteiger partial charge in [0.1, 0.15) is 5.37 Å². The summed E-state index contributed by atoms with van der Waals surface area (Å²) in [6, 6.07) is 18.3. The van der Waals surface area contributed by atoms with Gasteiger partial charge in [0, 0.05) is 5.69 Å². The number of amides is 1. The molecule has 3 heteroatoms. The Labute approximate surface area is 117 Å². The van der Waals surface area contributed by atoms with Gasteiger partial charge in [-0.15, -0.1) is 11.8 Å². The molecule has 2 aromatic rings. The molecule has 1 aliphatic heterocycles. The van der Waals surface area contributed by atoms with Gasteiger partial charge in [0.15, 0.2) is 0 Å². The number of nitrogens with zero attached hydrogens (tertiary/aromatic N) is 1. The van der Waals surface area contributed by atoms with Gasteiger partial charge in [0.05, 0.1) is 5.75 Å². The van der Waals surface area contributed by atoms with Gasteiger partial charge in [-0.2, -0.15) is 0 Å². The highest BCUT2D eigenvalue weighted by molar-refractivity contribution is 8.00. The molecule has 0 aromatic heterocycles. The predicted octanol–water partition coefficient (Wildman–Crippen LogP) is 3.77. The van der Waals surface area contributed by atoms with E-state index in [-0.39, 0.29) is 11.3 Å². The van der Waals surface area contributed by atoms with E-state index >= 15 is 0 Å². The number of benzene rings is 2. The first-order chi connectivity index (χ1) is 9.25. The second-order valence-electron chi connectivity index (χ2n) is 4.68. The van der Waals surface area contributed by atoms with Gasteiger partial charge in [0.2, 0.25) is 5.91 Å². The van der Waals surface area contributed by atoms with Crippen LogP contribution in [0.15, 0.2) is 54.6 Å². The molecule has 1 amide bonds. The predicted molar refractivity (Wildman–Crippen MR) is 80.3 cm³/mol. The minimum Gasteiger partial charge on any atom is -0.295 e. The largest absolute Gasteiger partial charge is 0.295 e. The van der Waals surface area contributed by atoms with Gasteiger partial charge in [-0.3, -0.25) is 9.69 Å². The van der Waals surface area contributed by atoms with Crippen molar-refractivity contribution in [1.82, 2.24) is 0 Å². The van der Waals surface area contributed by atoms with Crippen LogP contribution in [0.3, 0.4) is 0 Å². The van der Waals surface area contributed by atoms with E-state index in [1.165, 1.54) is 11.1 Å². The summed E-state index contributed by atoms with van der Waals surface area (Å²) in [6.07, 6.45) is 0. The van der Waals surface area contributed by atoms with Crippen molar-refractivity contribution in [3.05, 3.63) is 65.7 Å². The Hall–Kier alpha value is -1.74. The van der Waals surface area contributed by atoms with Crippen molar-refractivity contribution >= 4 is 23.4 Å². The van der Waals surface area contributed by atoms with E-state index in [1.807, 2.05) is 35.2 Å². The van der Waals surface area contributed by atoms with E-state index in [1.54, 1.807) is 11.8 Å². The molecule has 0 N–H and O–H groups in total. The first kappa shape index (κ1) is 12.3. The minimum atomic E-state index is 0.0931. The summed E-state index contributed by atoms with van der Waals surface area (Å²) < 4.78 is 0. The van der Waals surface area contributed by atoms with Crippen LogP contribution < -0.4 is 4.90 Å². The lowest BCUT2D eigenvalue weighted by molar-refractivity contribution is -0.115. The molecule has 1 fully saturated rings. The van der Waals surface area contributed by atoms with E-state index in [0.717, 1.165) is 5.69 Å². The second kappa shape index (κ2) is 5.10. The average Bonchev–Trinajstić information content (AvgIpc) is 2.82. The first-order valence-electron chi connectivity index (χ1n) is 6.31. The topological polar surface area (TPSA) is 20.3 Å². The number of aryl methyl sites for hydroxylation is 1. The molecule has 1 saturated heterocycles. The molecule has 2 nitrogen and oxygen atoms in total. The van der Waals surface area contributed by atoms with Crippen molar-refractivity contribution in [3.63, 3.8) is 0 Å². The maximum absolute atomic E-state index is 12.2. The average molecular weight is 269 g/mol. The lowest BCUT2D eigenvalue weighted by Gasteiger charge is -2.24. The zero-order valence-electron chi connectivity index (χ0n) is 10.7. The fourth-order valence-electron chi connectivity index (χ4n) is 2.35. The van der Waals surface area contributed by atoms with Crippen molar-refractivity contribution in [1.29, 1.82) is 0 Å². The fourth-order valence-corrected chi connectivity index (χ4v) is 3.52. The Bertz CT molecular complexity index is 597. The molecule has 0 saturated carbocycles. The monoisotopic (exact) mass is 269 g/mol. The Morgan fingerprint density at radius 2 is 1.89 bits per heavy atom. The number of carbonyl (C=O) groups is 1. The van der Waals surface area contributed by atoms with Crippen LogP contribution in [0.2, 0.25) is 0 Å². The maximum Gasteiger partial charge on any atom is 0.238 e. The zero-order chi connectivity index (χ0) is 13.2. The first-order valence-corrected chi connectivity index (χ1v) is 7.36. The molecule has 1 heterocycles. The Kier molecular flexibility index (Phi) is 3.30. The van der Waals surface area contributed by atoms with E-state index in [4.69, 9.17) is 0 Å². The van der Waals surface area contributed by atoms with Crippen LogP contribution in [-0.2, 0) is 4.79 Å². The van der Waals surface area contributed by atoms with Crippen molar-refractivity contribution in [2.75, 3.05) is 10.7 Å². The van der Waals surface area contributed by atoms with Crippen LogP contribution in [0.25, 0.3) is 0 Å². The van der Waals surface area contributed by atoms with Crippen LogP contribution in [-0.4, -0.2) is 11.7 Å². The Morgan fingerprint density at radius 1 is 1.11 bits per heavy atom. The van der Waals surface area contributed by atoms with E-state index in [2.05, 4.69) is 31.2 Å². The molecular formula is C16H15NOS. The molecule has 96 valence electrons. The standard InChI is InChI=1S/C16H15NOS/c1-12-6-5-9-14(10-12)17-15(18)11-19-16(17)13-7-3-2-4-8-13/h2-10,16H,11H2,1H3/t16-/m1/s1. The van der Waals surface area contributed by atoms with Crippen LogP contribution in [0.5, 0.6) is 0 Å². The highest BCUT2D eigenvalue weighted by Gasteiger charge is 2.33. The number of thioether (sulfide) groups is 1. The van der Waals surface area contributed by atoms with Crippen molar-refractivity contribution in [2.24, 2.45) is 0 Å². The summed E-state index contributed by atoms with van der Waals surface area (Å²) in [5.74, 6) is 0.734. The molecule has 19 heavy (non-hydrogen) atoms. The third-order valence-corrected chi connectivity index (χ3v) is 4.44. The molecule has 2 aromatic carbocycles. The SMILES string of the molecule is Cc1cccc(N2C(=O)CS[C@@H]2c2ccccc2)c1. The van der Waals surface area contributed by atoms with Gasteiger partial charge in [-0.25, -0.2) is 0 Å². The van der Waals surface area contributed by atoms with Crippen molar-refractivity contribution in [3.8, 4) is 0 Å². The fraction of sp³-hybridized carbons (Fsp3) is 0.188. The van der Waals surface area contributed by atoms with E-state index in [9.17, 15) is 4.79 Å². The lowest BCUT2D eigenvalue weighted by atomic mass is 10.1. The quantitative estimate of drug-likeness (QED) is 0.827. The molecular weight excluding hydrogens is 254 g/mol. The van der Waals surface area contributed by atoms with E-state index < -0.39 is 0 Å². The van der Waals surface area contributed by atoms with Gasteiger partial charge in [0.25, 0.3) is 0 Å². The normalized spacial score (nSPS) is 18.9. The number of carbonyl (C=O) groups excluding carboxylic acids is 1. The third-order valence-electron chi connectivity index (χ3n) is 3.23. The van der Waals surface area contributed by atoms with Crippen molar-refractivity contribution in [2.45, 2.75) is 12.3 Å². The van der Waals surface area contributed by atoms with Crippen molar-refractivity contribution < 1.29 is 4.79 Å². The number of hydrogen-bond donors (Lipinski definition) is 0. The maximum atomic E-state index is 12.2. The van der Waals surface area contributed by atoms with Gasteiger partial charge >= 0.3 is 0 Å². The van der Waals surface area contributed by atoms with Crippen LogP contribution in [0, 0.1) is 6.92 Å². The zero-order valence-corrected chi connectivity index (χ0v) is 11.6. The third kappa shape index (κ3) is 2.38. The number of rotatable bonds is 2. The molecule has 1 aliphatic rings. The van der Waals surface area contributed by atoms with E-state index in [0.29, 0.717) is 5.75 Å². The molecule has 0 radical (unpaired) electrons. The molecule has 3 rings (SSSR count). The second-order valence-corrected chi connectivity index (χ2v) is 5.75. The summed E-state index contributed by atoms with van der Waals surface area (Å²) in [4.78, 5) is 14.1. The highest BCUT2D eigenvalue weighted by Crippen LogP contribution is 2.41. The minimum absolute atomic E-state index is 0.0931. The number of anilines is 1. The van der Waals surface area contributed by atoms with Gasteiger partial charge in [-0.05, 0) is 30.2 Å². The summed E-state index contributed by atoms with van der Waals surface area (Å²) in [7, 11) is 0. The molecule has 0 spiro atoms. The summed E-state index contributed by atoms with van der Waals surface area (Å²) >= 11 is 1.69. The summed E-state index contributed by atoms with van der Waals surface area (Å²) in [5, 5.41) is 0.0931. The van der Waals surface area contributed by atoms with Crippen LogP contribution in [0.1, 0.15) is 16.5 Å².